The fraction of sp³-hybridized carbons (Fsp3) is 0.556. The Labute approximate surface area is 154 Å². The molecule has 1 aromatic rings. The van der Waals surface area contributed by atoms with E-state index in [4.69, 9.17) is 9.47 Å². The molecule has 0 bridgehead atoms. The summed E-state index contributed by atoms with van der Waals surface area (Å²) in [4.78, 5) is 26.9. The summed E-state index contributed by atoms with van der Waals surface area (Å²) in [5.41, 5.74) is -0.389. The van der Waals surface area contributed by atoms with Gasteiger partial charge in [0.05, 0.1) is 18.9 Å². The maximum absolute atomic E-state index is 14.0. The van der Waals surface area contributed by atoms with E-state index in [1.165, 1.54) is 6.92 Å². The number of nitrogens with zero attached hydrogens (tertiary/aromatic N) is 2. The summed E-state index contributed by atoms with van der Waals surface area (Å²) in [5.74, 6) is -5.82. The number of hydrogen-bond donors (Lipinski definition) is 0. The van der Waals surface area contributed by atoms with Crippen molar-refractivity contribution in [1.29, 1.82) is 0 Å². The smallest absolute Gasteiger partial charge is 0.224 e. The van der Waals surface area contributed by atoms with E-state index in [0.29, 0.717) is 39.1 Å². The van der Waals surface area contributed by atoms with Gasteiger partial charge in [-0.1, -0.05) is 0 Å². The number of rotatable bonds is 4. The lowest BCUT2D eigenvalue weighted by atomic mass is 10.0. The second-order valence-corrected chi connectivity index (χ2v) is 6.60. The molecule has 148 valence electrons. The van der Waals surface area contributed by atoms with Crippen LogP contribution in [0.1, 0.15) is 26.2 Å². The molecule has 2 aliphatic rings. The van der Waals surface area contributed by atoms with Crippen LogP contribution in [0.15, 0.2) is 12.1 Å². The van der Waals surface area contributed by atoms with Gasteiger partial charge in [0.15, 0.2) is 23.2 Å². The summed E-state index contributed by atoms with van der Waals surface area (Å²) in [6.45, 7) is 3.04. The second-order valence-electron chi connectivity index (χ2n) is 6.60. The Kier molecular flexibility index (Phi) is 5.71. The van der Waals surface area contributed by atoms with E-state index in [0.717, 1.165) is 17.0 Å². The van der Waals surface area contributed by atoms with Crippen LogP contribution in [0.2, 0.25) is 0 Å². The van der Waals surface area contributed by atoms with Gasteiger partial charge in [0.2, 0.25) is 11.8 Å². The van der Waals surface area contributed by atoms with Crippen LogP contribution >= 0.6 is 0 Å². The van der Waals surface area contributed by atoms with E-state index < -0.39 is 29.1 Å². The maximum Gasteiger partial charge on any atom is 0.224 e. The van der Waals surface area contributed by atoms with Gasteiger partial charge in [-0.15, -0.1) is 0 Å². The number of carbonyl (C=O) groups is 2. The molecule has 0 saturated carbocycles. The molecule has 0 aliphatic carbocycles. The Bertz CT molecular complexity index is 728. The topological polar surface area (TPSA) is 59.1 Å². The Morgan fingerprint density at radius 1 is 1.11 bits per heavy atom. The van der Waals surface area contributed by atoms with Gasteiger partial charge >= 0.3 is 0 Å². The van der Waals surface area contributed by atoms with E-state index in [1.54, 1.807) is 4.90 Å². The predicted molar refractivity (Wildman–Crippen MR) is 89.4 cm³/mol. The second kappa shape index (κ2) is 7.85. The third-order valence-electron chi connectivity index (χ3n) is 4.93. The lowest BCUT2D eigenvalue weighted by Gasteiger charge is -2.37. The molecule has 2 saturated heterocycles. The number of amides is 2. The molecule has 0 aromatic heterocycles. The molecule has 6 nitrogen and oxygen atoms in total. The van der Waals surface area contributed by atoms with Crippen molar-refractivity contribution < 1.29 is 32.2 Å². The van der Waals surface area contributed by atoms with E-state index >= 15 is 0 Å². The molecule has 1 spiro atoms. The summed E-state index contributed by atoms with van der Waals surface area (Å²) in [6.07, 6.45) is 1.06. The zero-order chi connectivity index (χ0) is 19.6. The van der Waals surface area contributed by atoms with Crippen molar-refractivity contribution in [3.63, 3.8) is 0 Å². The lowest BCUT2D eigenvalue weighted by molar-refractivity contribution is -0.187. The summed E-state index contributed by atoms with van der Waals surface area (Å²) >= 11 is 0. The molecule has 2 heterocycles. The summed E-state index contributed by atoms with van der Waals surface area (Å²) in [6, 6.07) is 1.73. The van der Waals surface area contributed by atoms with Crippen LogP contribution in [0.3, 0.4) is 0 Å². The number of carbonyl (C=O) groups excluding carboxylic acids is 2. The highest BCUT2D eigenvalue weighted by Gasteiger charge is 2.40. The Hall–Kier alpha value is -2.13. The van der Waals surface area contributed by atoms with Gasteiger partial charge in [-0.3, -0.25) is 9.59 Å². The predicted octanol–water partition coefficient (Wildman–Crippen LogP) is 2.21. The SMILES string of the molecule is CC(=O)N(CCC(=O)N1CCC2(CC1)OCCO2)c1ccc(F)c(F)c1F. The molecule has 1 aromatic carbocycles. The highest BCUT2D eigenvalue weighted by Crippen LogP contribution is 2.31. The highest BCUT2D eigenvalue weighted by atomic mass is 19.2. The minimum atomic E-state index is -1.65. The van der Waals surface area contributed by atoms with Gasteiger partial charge < -0.3 is 19.3 Å². The Balaban J connectivity index is 1.61. The Morgan fingerprint density at radius 3 is 2.33 bits per heavy atom. The van der Waals surface area contributed by atoms with Crippen LogP contribution in [-0.2, 0) is 19.1 Å². The molecule has 2 aliphatic heterocycles. The molecule has 27 heavy (non-hydrogen) atoms. The third kappa shape index (κ3) is 4.08. The quantitative estimate of drug-likeness (QED) is 0.745. The summed E-state index contributed by atoms with van der Waals surface area (Å²) in [7, 11) is 0. The fourth-order valence-corrected chi connectivity index (χ4v) is 3.42. The molecule has 0 N–H and O–H groups in total. The van der Waals surface area contributed by atoms with Gasteiger partial charge in [0.25, 0.3) is 0 Å². The Morgan fingerprint density at radius 2 is 1.74 bits per heavy atom. The summed E-state index contributed by atoms with van der Waals surface area (Å²) < 4.78 is 51.8. The van der Waals surface area contributed by atoms with Crippen molar-refractivity contribution in [3.05, 3.63) is 29.6 Å². The van der Waals surface area contributed by atoms with E-state index in [1.807, 2.05) is 0 Å². The molecule has 0 radical (unpaired) electrons. The number of piperidine rings is 1. The molecule has 2 fully saturated rings. The average Bonchev–Trinajstić information content (AvgIpc) is 3.09. The number of likely N-dealkylation sites (tertiary alicyclic amines) is 1. The molecule has 2 amide bonds. The monoisotopic (exact) mass is 386 g/mol. The van der Waals surface area contributed by atoms with Crippen LogP contribution in [0.4, 0.5) is 18.9 Å². The van der Waals surface area contributed by atoms with Crippen molar-refractivity contribution in [2.45, 2.75) is 32.0 Å². The summed E-state index contributed by atoms with van der Waals surface area (Å²) in [5, 5.41) is 0. The van der Waals surface area contributed by atoms with Crippen molar-refractivity contribution in [2.24, 2.45) is 0 Å². The van der Waals surface area contributed by atoms with E-state index in [2.05, 4.69) is 0 Å². The third-order valence-corrected chi connectivity index (χ3v) is 4.93. The lowest BCUT2D eigenvalue weighted by Crippen LogP contribution is -2.48. The van der Waals surface area contributed by atoms with Gasteiger partial charge in [-0.2, -0.15) is 0 Å². The van der Waals surface area contributed by atoms with Crippen molar-refractivity contribution in [2.75, 3.05) is 37.7 Å². The van der Waals surface area contributed by atoms with Crippen molar-refractivity contribution >= 4 is 17.5 Å². The zero-order valence-corrected chi connectivity index (χ0v) is 15.0. The standard InChI is InChI=1S/C18H21F3N2O4/c1-12(24)23(14-3-2-13(19)16(20)17(14)21)7-4-15(25)22-8-5-18(6-9-22)26-10-11-27-18/h2-3H,4-11H2,1H3. The van der Waals surface area contributed by atoms with Crippen molar-refractivity contribution in [1.82, 2.24) is 4.90 Å². The number of anilines is 1. The first-order valence-electron chi connectivity index (χ1n) is 8.80. The number of benzene rings is 1. The fourth-order valence-electron chi connectivity index (χ4n) is 3.42. The largest absolute Gasteiger partial charge is 0.347 e. The average molecular weight is 386 g/mol. The first kappa shape index (κ1) is 19.6. The maximum atomic E-state index is 14.0. The molecule has 0 unspecified atom stereocenters. The zero-order valence-electron chi connectivity index (χ0n) is 15.0. The highest BCUT2D eigenvalue weighted by molar-refractivity contribution is 5.92. The van der Waals surface area contributed by atoms with E-state index in [-0.39, 0.29) is 24.6 Å². The molecular weight excluding hydrogens is 365 g/mol. The number of halogens is 3. The van der Waals surface area contributed by atoms with Gasteiger partial charge in [-0.05, 0) is 12.1 Å². The van der Waals surface area contributed by atoms with Gasteiger partial charge in [0.1, 0.15) is 0 Å². The normalized spacial score (nSPS) is 18.7. The first-order valence-corrected chi connectivity index (χ1v) is 8.80. The van der Waals surface area contributed by atoms with Gasteiger partial charge in [-0.25, -0.2) is 13.2 Å². The van der Waals surface area contributed by atoms with Crippen LogP contribution in [-0.4, -0.2) is 55.3 Å². The minimum Gasteiger partial charge on any atom is -0.347 e. The molecule has 0 atom stereocenters. The number of ether oxygens (including phenoxy) is 2. The molecule has 9 heteroatoms. The minimum absolute atomic E-state index is 0.0628. The molecule has 3 rings (SSSR count). The van der Waals surface area contributed by atoms with Gasteiger partial charge in [0, 0.05) is 45.8 Å². The van der Waals surface area contributed by atoms with Crippen LogP contribution in [0.25, 0.3) is 0 Å². The van der Waals surface area contributed by atoms with Crippen molar-refractivity contribution in [3.8, 4) is 0 Å². The van der Waals surface area contributed by atoms with Crippen LogP contribution < -0.4 is 4.90 Å². The van der Waals surface area contributed by atoms with Crippen LogP contribution in [0, 0.1) is 17.5 Å². The van der Waals surface area contributed by atoms with E-state index in [9.17, 15) is 22.8 Å². The van der Waals surface area contributed by atoms with Crippen LogP contribution in [0.5, 0.6) is 0 Å². The molecular formula is C18H21F3N2O4. The number of hydrogen-bond acceptors (Lipinski definition) is 4. The first-order chi connectivity index (χ1) is 12.8.